The van der Waals surface area contributed by atoms with Crippen LogP contribution >= 0.6 is 0 Å². The number of hydrogen-bond acceptors (Lipinski definition) is 5. The zero-order chi connectivity index (χ0) is 17.6. The maximum absolute atomic E-state index is 13.5. The van der Waals surface area contributed by atoms with Crippen LogP contribution in [0.1, 0.15) is 18.9 Å². The third-order valence-corrected chi connectivity index (χ3v) is 4.02. The SMILES string of the molecule is CC(c1nnc(-c2ccccc2)o1)N(C)CCOc1ccccc1F. The molecule has 5 nitrogen and oxygen atoms in total. The van der Waals surface area contributed by atoms with Gasteiger partial charge < -0.3 is 9.15 Å². The van der Waals surface area contributed by atoms with Crippen molar-refractivity contribution in [2.24, 2.45) is 0 Å². The number of aromatic nitrogens is 2. The third kappa shape index (κ3) is 4.22. The molecule has 0 saturated carbocycles. The lowest BCUT2D eigenvalue weighted by atomic mass is 10.2. The summed E-state index contributed by atoms with van der Waals surface area (Å²) in [6, 6.07) is 15.9. The van der Waals surface area contributed by atoms with Gasteiger partial charge in [-0.15, -0.1) is 10.2 Å². The largest absolute Gasteiger partial charge is 0.489 e. The van der Waals surface area contributed by atoms with E-state index >= 15 is 0 Å². The molecule has 2 aromatic carbocycles. The van der Waals surface area contributed by atoms with Crippen LogP contribution in [-0.2, 0) is 0 Å². The minimum absolute atomic E-state index is 0.0748. The van der Waals surface area contributed by atoms with Crippen molar-refractivity contribution < 1.29 is 13.5 Å². The van der Waals surface area contributed by atoms with Crippen molar-refractivity contribution in [3.63, 3.8) is 0 Å². The average molecular weight is 341 g/mol. The van der Waals surface area contributed by atoms with Gasteiger partial charge in [0, 0.05) is 12.1 Å². The summed E-state index contributed by atoms with van der Waals surface area (Å²) < 4.78 is 24.8. The van der Waals surface area contributed by atoms with Gasteiger partial charge in [0.25, 0.3) is 0 Å². The van der Waals surface area contributed by atoms with E-state index in [2.05, 4.69) is 10.2 Å². The molecule has 3 aromatic rings. The molecule has 0 radical (unpaired) electrons. The Morgan fingerprint density at radius 3 is 2.56 bits per heavy atom. The van der Waals surface area contributed by atoms with E-state index in [9.17, 15) is 4.39 Å². The van der Waals surface area contributed by atoms with Gasteiger partial charge >= 0.3 is 0 Å². The summed E-state index contributed by atoms with van der Waals surface area (Å²) in [5.74, 6) is 0.931. The summed E-state index contributed by atoms with van der Waals surface area (Å²) in [6.45, 7) is 2.94. The molecule has 0 fully saturated rings. The summed E-state index contributed by atoms with van der Waals surface area (Å²) in [7, 11) is 1.93. The van der Waals surface area contributed by atoms with Gasteiger partial charge in [-0.1, -0.05) is 30.3 Å². The first-order chi connectivity index (χ1) is 12.1. The lowest BCUT2D eigenvalue weighted by Gasteiger charge is -2.21. The fourth-order valence-electron chi connectivity index (χ4n) is 2.34. The number of benzene rings is 2. The maximum atomic E-state index is 13.5. The van der Waals surface area contributed by atoms with E-state index < -0.39 is 0 Å². The highest BCUT2D eigenvalue weighted by Gasteiger charge is 2.19. The molecule has 1 heterocycles. The molecule has 0 aliphatic heterocycles. The molecule has 0 spiro atoms. The van der Waals surface area contributed by atoms with E-state index in [1.165, 1.54) is 6.07 Å². The molecule has 0 bridgehead atoms. The highest BCUT2D eigenvalue weighted by Crippen LogP contribution is 2.23. The van der Waals surface area contributed by atoms with Crippen molar-refractivity contribution in [2.75, 3.05) is 20.2 Å². The molecule has 0 amide bonds. The normalized spacial score (nSPS) is 12.3. The van der Waals surface area contributed by atoms with E-state index in [1.54, 1.807) is 18.2 Å². The van der Waals surface area contributed by atoms with Crippen LogP contribution in [0.25, 0.3) is 11.5 Å². The number of ether oxygens (including phenoxy) is 1. The Morgan fingerprint density at radius 1 is 1.08 bits per heavy atom. The smallest absolute Gasteiger partial charge is 0.247 e. The van der Waals surface area contributed by atoms with Gasteiger partial charge in [0.1, 0.15) is 6.61 Å². The first-order valence-corrected chi connectivity index (χ1v) is 8.11. The maximum Gasteiger partial charge on any atom is 0.247 e. The zero-order valence-electron chi connectivity index (χ0n) is 14.2. The first kappa shape index (κ1) is 17.1. The average Bonchev–Trinajstić information content (AvgIpc) is 3.13. The minimum atomic E-state index is -0.359. The molecule has 0 N–H and O–H groups in total. The van der Waals surface area contributed by atoms with Crippen LogP contribution < -0.4 is 4.74 Å². The second-order valence-electron chi connectivity index (χ2n) is 5.75. The van der Waals surface area contributed by atoms with Crippen LogP contribution in [0.2, 0.25) is 0 Å². The van der Waals surface area contributed by atoms with Gasteiger partial charge in [0.15, 0.2) is 11.6 Å². The topological polar surface area (TPSA) is 51.4 Å². The van der Waals surface area contributed by atoms with Gasteiger partial charge in [-0.2, -0.15) is 0 Å². The van der Waals surface area contributed by atoms with Crippen molar-refractivity contribution in [1.82, 2.24) is 15.1 Å². The second kappa shape index (κ2) is 7.90. The van der Waals surface area contributed by atoms with Crippen molar-refractivity contribution in [2.45, 2.75) is 13.0 Å². The van der Waals surface area contributed by atoms with Crippen LogP contribution in [0.3, 0.4) is 0 Å². The molecule has 0 saturated heterocycles. The molecule has 1 unspecified atom stereocenters. The molecule has 1 atom stereocenters. The Bertz CT molecular complexity index is 807. The van der Waals surface area contributed by atoms with E-state index in [0.717, 1.165) is 5.56 Å². The zero-order valence-corrected chi connectivity index (χ0v) is 14.2. The second-order valence-corrected chi connectivity index (χ2v) is 5.75. The summed E-state index contributed by atoms with van der Waals surface area (Å²) in [6.07, 6.45) is 0. The van der Waals surface area contributed by atoms with Crippen LogP contribution in [0.15, 0.2) is 59.0 Å². The van der Waals surface area contributed by atoms with Crippen LogP contribution in [0.5, 0.6) is 5.75 Å². The Morgan fingerprint density at radius 2 is 1.80 bits per heavy atom. The van der Waals surface area contributed by atoms with Gasteiger partial charge in [0.2, 0.25) is 11.8 Å². The lowest BCUT2D eigenvalue weighted by molar-refractivity contribution is 0.179. The minimum Gasteiger partial charge on any atom is -0.489 e. The van der Waals surface area contributed by atoms with E-state index in [-0.39, 0.29) is 17.6 Å². The number of likely N-dealkylation sites (N-methyl/N-ethyl adjacent to an activating group) is 1. The highest BCUT2D eigenvalue weighted by molar-refractivity contribution is 5.51. The molecular formula is C19H20FN3O2. The summed E-state index contributed by atoms with van der Waals surface area (Å²) in [5.41, 5.74) is 0.888. The van der Waals surface area contributed by atoms with Gasteiger partial charge in [-0.3, -0.25) is 4.90 Å². The van der Waals surface area contributed by atoms with E-state index in [1.807, 2.05) is 49.2 Å². The summed E-state index contributed by atoms with van der Waals surface area (Å²) in [4.78, 5) is 2.02. The first-order valence-electron chi connectivity index (χ1n) is 8.11. The number of rotatable bonds is 7. The predicted molar refractivity (Wildman–Crippen MR) is 92.7 cm³/mol. The Kier molecular flexibility index (Phi) is 5.40. The van der Waals surface area contributed by atoms with Crippen LogP contribution in [0, 0.1) is 5.82 Å². The Labute approximate surface area is 146 Å². The molecule has 0 aliphatic carbocycles. The summed E-state index contributed by atoms with van der Waals surface area (Å²) >= 11 is 0. The van der Waals surface area contributed by atoms with Crippen molar-refractivity contribution in [3.05, 3.63) is 66.3 Å². The van der Waals surface area contributed by atoms with Gasteiger partial charge in [-0.05, 0) is 38.2 Å². The number of hydrogen-bond donors (Lipinski definition) is 0. The van der Waals surface area contributed by atoms with E-state index in [4.69, 9.17) is 9.15 Å². The summed E-state index contributed by atoms with van der Waals surface area (Å²) in [5, 5.41) is 8.24. The molecule has 1 aromatic heterocycles. The quantitative estimate of drug-likeness (QED) is 0.651. The number of para-hydroxylation sites is 1. The standard InChI is InChI=1S/C19H20FN3O2/c1-14(18-21-22-19(25-18)15-8-4-3-5-9-15)23(2)12-13-24-17-11-7-6-10-16(17)20/h3-11,14H,12-13H2,1-2H3. The third-order valence-electron chi connectivity index (χ3n) is 4.02. The Balaban J connectivity index is 1.56. The van der Waals surface area contributed by atoms with Gasteiger partial charge in [0.05, 0.1) is 6.04 Å². The fraction of sp³-hybridized carbons (Fsp3) is 0.263. The molecule has 3 rings (SSSR count). The lowest BCUT2D eigenvalue weighted by Crippen LogP contribution is -2.27. The van der Waals surface area contributed by atoms with Crippen molar-refractivity contribution in [1.29, 1.82) is 0 Å². The van der Waals surface area contributed by atoms with Crippen LogP contribution in [-0.4, -0.2) is 35.3 Å². The van der Waals surface area contributed by atoms with Crippen molar-refractivity contribution >= 4 is 0 Å². The monoisotopic (exact) mass is 341 g/mol. The molecular weight excluding hydrogens is 321 g/mol. The van der Waals surface area contributed by atoms with Gasteiger partial charge in [-0.25, -0.2) is 4.39 Å². The highest BCUT2D eigenvalue weighted by atomic mass is 19.1. The molecule has 130 valence electrons. The number of nitrogens with zero attached hydrogens (tertiary/aromatic N) is 3. The molecule has 0 aliphatic rings. The van der Waals surface area contributed by atoms with Crippen molar-refractivity contribution in [3.8, 4) is 17.2 Å². The molecule has 25 heavy (non-hydrogen) atoms. The van der Waals surface area contributed by atoms with E-state index in [0.29, 0.717) is 24.9 Å². The number of halogens is 1. The molecule has 6 heteroatoms. The fourth-order valence-corrected chi connectivity index (χ4v) is 2.34. The van der Waals surface area contributed by atoms with Crippen LogP contribution in [0.4, 0.5) is 4.39 Å². The predicted octanol–water partition coefficient (Wildman–Crippen LogP) is 3.95. The Hall–Kier alpha value is -2.73.